The molecule has 0 aliphatic rings. The number of aryl methyl sites for hydroxylation is 1. The lowest BCUT2D eigenvalue weighted by molar-refractivity contribution is -0.0245. The van der Waals surface area contributed by atoms with Crippen molar-refractivity contribution >= 4 is 0 Å². The summed E-state index contributed by atoms with van der Waals surface area (Å²) < 4.78 is 4.87. The first kappa shape index (κ1) is 8.23. The van der Waals surface area contributed by atoms with Crippen LogP contribution in [0, 0.1) is 6.92 Å². The Kier molecular flexibility index (Phi) is 1.97. The van der Waals surface area contributed by atoms with Gasteiger partial charge in [0.25, 0.3) is 0 Å². The minimum Gasteiger partial charge on any atom is -0.361 e. The molecule has 0 unspecified atom stereocenters. The van der Waals surface area contributed by atoms with Gasteiger partial charge >= 0.3 is 0 Å². The smallest absolute Gasteiger partial charge is 0.139 e. The number of rotatable bonds is 2. The van der Waals surface area contributed by atoms with E-state index in [1.807, 2.05) is 20.8 Å². The average Bonchev–Trinajstić information content (AvgIpc) is 2.36. The maximum atomic E-state index is 5.10. The summed E-state index contributed by atoms with van der Waals surface area (Å²) in [6.07, 6.45) is 1.61. The molecule has 0 atom stereocenters. The zero-order valence-corrected chi connectivity index (χ0v) is 6.92. The van der Waals surface area contributed by atoms with Crippen molar-refractivity contribution in [3.63, 3.8) is 0 Å². The highest BCUT2D eigenvalue weighted by Crippen LogP contribution is 2.25. The maximum Gasteiger partial charge on any atom is 0.139 e. The molecular weight excluding hydrogens is 144 g/mol. The first-order valence-electron chi connectivity index (χ1n) is 3.37. The van der Waals surface area contributed by atoms with Gasteiger partial charge in [-0.3, -0.25) is 4.84 Å². The van der Waals surface area contributed by atoms with E-state index in [0.29, 0.717) is 0 Å². The Morgan fingerprint density at radius 1 is 1.64 bits per heavy atom. The van der Waals surface area contributed by atoms with Crippen LogP contribution in [0.15, 0.2) is 10.7 Å². The number of nitrogens with zero attached hydrogens (tertiary/aromatic N) is 1. The predicted molar refractivity (Wildman–Crippen MR) is 39.5 cm³/mol. The molecule has 1 aromatic heterocycles. The molecule has 1 heterocycles. The van der Waals surface area contributed by atoms with Gasteiger partial charge in [-0.2, -0.15) is 0 Å². The minimum atomic E-state index is -0.524. The SMILES string of the molecule is Cc1oncc1C(C)(C)ON. The van der Waals surface area contributed by atoms with Crippen molar-refractivity contribution in [3.8, 4) is 0 Å². The van der Waals surface area contributed by atoms with Gasteiger partial charge in [-0.15, -0.1) is 0 Å². The van der Waals surface area contributed by atoms with E-state index in [2.05, 4.69) is 5.16 Å². The monoisotopic (exact) mass is 156 g/mol. The lowest BCUT2D eigenvalue weighted by Crippen LogP contribution is -2.25. The van der Waals surface area contributed by atoms with Gasteiger partial charge in [0.05, 0.1) is 6.20 Å². The maximum absolute atomic E-state index is 5.10. The normalized spacial score (nSPS) is 12.0. The molecular formula is C7H12N2O2. The Balaban J connectivity index is 3.00. The van der Waals surface area contributed by atoms with Crippen LogP contribution in [0.5, 0.6) is 0 Å². The fourth-order valence-electron chi connectivity index (χ4n) is 0.941. The first-order valence-corrected chi connectivity index (χ1v) is 3.37. The molecule has 0 spiro atoms. The van der Waals surface area contributed by atoms with E-state index in [-0.39, 0.29) is 0 Å². The van der Waals surface area contributed by atoms with Crippen LogP contribution in [0.2, 0.25) is 0 Å². The summed E-state index contributed by atoms with van der Waals surface area (Å²) in [4.78, 5) is 4.76. The molecule has 4 nitrogen and oxygen atoms in total. The summed E-state index contributed by atoms with van der Waals surface area (Å²) in [5.41, 5.74) is 0.351. The van der Waals surface area contributed by atoms with Crippen LogP contribution in [0.3, 0.4) is 0 Å². The molecule has 0 aromatic carbocycles. The van der Waals surface area contributed by atoms with E-state index in [4.69, 9.17) is 15.3 Å². The zero-order chi connectivity index (χ0) is 8.48. The molecule has 0 aliphatic heterocycles. The van der Waals surface area contributed by atoms with Crippen molar-refractivity contribution in [2.24, 2.45) is 5.90 Å². The molecule has 1 aromatic rings. The Morgan fingerprint density at radius 2 is 2.27 bits per heavy atom. The minimum absolute atomic E-state index is 0.524. The van der Waals surface area contributed by atoms with Gasteiger partial charge in [0.15, 0.2) is 0 Å². The predicted octanol–water partition coefficient (Wildman–Crippen LogP) is 1.11. The molecule has 0 bridgehead atoms. The molecule has 0 aliphatic carbocycles. The van der Waals surface area contributed by atoms with Gasteiger partial charge in [0, 0.05) is 5.56 Å². The van der Waals surface area contributed by atoms with Crippen LogP contribution in [0.1, 0.15) is 25.2 Å². The Hall–Kier alpha value is -0.870. The zero-order valence-electron chi connectivity index (χ0n) is 6.92. The third-order valence-corrected chi connectivity index (χ3v) is 1.69. The highest BCUT2D eigenvalue weighted by molar-refractivity contribution is 5.18. The van der Waals surface area contributed by atoms with Crippen LogP contribution in [-0.4, -0.2) is 5.16 Å². The standard InChI is InChI=1S/C7H12N2O2/c1-5-6(4-9-10-5)7(2,3)11-8/h4H,8H2,1-3H3. The Labute approximate surface area is 65.3 Å². The van der Waals surface area contributed by atoms with Gasteiger partial charge < -0.3 is 4.52 Å². The fraction of sp³-hybridized carbons (Fsp3) is 0.571. The molecule has 2 N–H and O–H groups in total. The van der Waals surface area contributed by atoms with Crippen molar-refractivity contribution < 1.29 is 9.36 Å². The van der Waals surface area contributed by atoms with Crippen LogP contribution >= 0.6 is 0 Å². The average molecular weight is 156 g/mol. The summed E-state index contributed by atoms with van der Waals surface area (Å²) in [7, 11) is 0. The van der Waals surface area contributed by atoms with E-state index in [1.54, 1.807) is 6.20 Å². The molecule has 0 saturated heterocycles. The molecule has 0 saturated carbocycles. The van der Waals surface area contributed by atoms with E-state index >= 15 is 0 Å². The largest absolute Gasteiger partial charge is 0.361 e. The quantitative estimate of drug-likeness (QED) is 0.651. The van der Waals surface area contributed by atoms with Gasteiger partial charge in [0.2, 0.25) is 0 Å². The number of hydrogen-bond donors (Lipinski definition) is 1. The second-order valence-electron chi connectivity index (χ2n) is 2.92. The fourth-order valence-corrected chi connectivity index (χ4v) is 0.941. The number of hydrogen-bond acceptors (Lipinski definition) is 4. The van der Waals surface area contributed by atoms with Crippen molar-refractivity contribution in [1.82, 2.24) is 5.16 Å². The second kappa shape index (κ2) is 2.64. The molecule has 0 radical (unpaired) electrons. The van der Waals surface area contributed by atoms with Crippen LogP contribution in [-0.2, 0) is 10.4 Å². The third kappa shape index (κ3) is 1.41. The summed E-state index contributed by atoms with van der Waals surface area (Å²) >= 11 is 0. The molecule has 11 heavy (non-hydrogen) atoms. The molecule has 1 rings (SSSR count). The van der Waals surface area contributed by atoms with Gasteiger partial charge in [-0.1, -0.05) is 5.16 Å². The van der Waals surface area contributed by atoms with Crippen LogP contribution in [0.4, 0.5) is 0 Å². The second-order valence-corrected chi connectivity index (χ2v) is 2.92. The number of aromatic nitrogens is 1. The van der Waals surface area contributed by atoms with Crippen molar-refractivity contribution in [3.05, 3.63) is 17.5 Å². The summed E-state index contributed by atoms with van der Waals surface area (Å²) in [6, 6.07) is 0. The van der Waals surface area contributed by atoms with Crippen molar-refractivity contribution in [2.45, 2.75) is 26.4 Å². The topological polar surface area (TPSA) is 61.3 Å². The van der Waals surface area contributed by atoms with Crippen LogP contribution in [0.25, 0.3) is 0 Å². The number of nitrogens with two attached hydrogens (primary N) is 1. The highest BCUT2D eigenvalue weighted by atomic mass is 16.6. The summed E-state index contributed by atoms with van der Waals surface area (Å²) in [5, 5.41) is 3.63. The van der Waals surface area contributed by atoms with E-state index in [0.717, 1.165) is 11.3 Å². The molecule has 0 fully saturated rings. The highest BCUT2D eigenvalue weighted by Gasteiger charge is 2.25. The van der Waals surface area contributed by atoms with Gasteiger partial charge in [-0.25, -0.2) is 5.90 Å². The van der Waals surface area contributed by atoms with Crippen molar-refractivity contribution in [2.75, 3.05) is 0 Å². The van der Waals surface area contributed by atoms with Gasteiger partial charge in [0.1, 0.15) is 11.4 Å². The Morgan fingerprint density at radius 3 is 2.64 bits per heavy atom. The summed E-state index contributed by atoms with van der Waals surface area (Å²) in [5.74, 6) is 5.83. The first-order chi connectivity index (χ1) is 5.08. The van der Waals surface area contributed by atoms with Gasteiger partial charge in [-0.05, 0) is 20.8 Å². The van der Waals surface area contributed by atoms with Crippen molar-refractivity contribution in [1.29, 1.82) is 0 Å². The van der Waals surface area contributed by atoms with E-state index in [9.17, 15) is 0 Å². The lowest BCUT2D eigenvalue weighted by Gasteiger charge is -2.19. The van der Waals surface area contributed by atoms with E-state index in [1.165, 1.54) is 0 Å². The molecule has 4 heteroatoms. The molecule has 0 amide bonds. The van der Waals surface area contributed by atoms with E-state index < -0.39 is 5.60 Å². The lowest BCUT2D eigenvalue weighted by atomic mass is 10.0. The third-order valence-electron chi connectivity index (χ3n) is 1.69. The Bertz CT molecular complexity index is 242. The van der Waals surface area contributed by atoms with Crippen LogP contribution < -0.4 is 5.90 Å². The molecule has 62 valence electrons. The summed E-state index contributed by atoms with van der Waals surface area (Å²) in [6.45, 7) is 5.53.